The predicted octanol–water partition coefficient (Wildman–Crippen LogP) is 3.25. The molecule has 72 valence electrons. The Balaban J connectivity index is 2.86. The van der Waals surface area contributed by atoms with Crippen LogP contribution in [0.5, 0.6) is 0 Å². The molecular weight excluding hydrogens is 146 g/mol. The standard InChI is InChI=1S/C11H23N/c1-3-4-5-6-7-8-9-10-11(2)12/h3,11H,1,4-10,12H2,2H3. The third-order valence-electron chi connectivity index (χ3n) is 2.07. The van der Waals surface area contributed by atoms with Crippen LogP contribution >= 0.6 is 0 Å². The Morgan fingerprint density at radius 2 is 1.75 bits per heavy atom. The molecule has 0 heterocycles. The summed E-state index contributed by atoms with van der Waals surface area (Å²) in [7, 11) is 0. The molecule has 0 aromatic rings. The summed E-state index contributed by atoms with van der Waals surface area (Å²) in [5, 5.41) is 0. The SMILES string of the molecule is C=CCCCCCCCC(C)N. The van der Waals surface area contributed by atoms with Crippen LogP contribution in [0.4, 0.5) is 0 Å². The van der Waals surface area contributed by atoms with Crippen LogP contribution in [0, 0.1) is 0 Å². The maximum atomic E-state index is 5.64. The van der Waals surface area contributed by atoms with Gasteiger partial charge < -0.3 is 5.73 Å². The van der Waals surface area contributed by atoms with Crippen LogP contribution in [0.25, 0.3) is 0 Å². The Hall–Kier alpha value is -0.300. The fourth-order valence-corrected chi connectivity index (χ4v) is 1.29. The van der Waals surface area contributed by atoms with E-state index in [9.17, 15) is 0 Å². The van der Waals surface area contributed by atoms with Gasteiger partial charge in [0.2, 0.25) is 0 Å². The zero-order valence-electron chi connectivity index (χ0n) is 8.39. The van der Waals surface area contributed by atoms with Crippen molar-refractivity contribution in [3.8, 4) is 0 Å². The van der Waals surface area contributed by atoms with E-state index in [1.807, 2.05) is 6.08 Å². The minimum Gasteiger partial charge on any atom is -0.328 e. The molecule has 0 aliphatic heterocycles. The average molecular weight is 169 g/mol. The highest BCUT2D eigenvalue weighted by Gasteiger charge is 1.93. The normalized spacial score (nSPS) is 12.8. The quantitative estimate of drug-likeness (QED) is 0.438. The smallest absolute Gasteiger partial charge is 0.00104 e. The summed E-state index contributed by atoms with van der Waals surface area (Å²) in [5.74, 6) is 0. The van der Waals surface area contributed by atoms with E-state index < -0.39 is 0 Å². The van der Waals surface area contributed by atoms with E-state index in [1.54, 1.807) is 0 Å². The third kappa shape index (κ3) is 9.70. The maximum absolute atomic E-state index is 5.64. The van der Waals surface area contributed by atoms with Gasteiger partial charge in [0.05, 0.1) is 0 Å². The van der Waals surface area contributed by atoms with Crippen molar-refractivity contribution < 1.29 is 0 Å². The van der Waals surface area contributed by atoms with Gasteiger partial charge in [-0.1, -0.05) is 31.8 Å². The molecule has 0 saturated heterocycles. The summed E-state index contributed by atoms with van der Waals surface area (Å²) in [6, 6.07) is 0.387. The molecule has 2 N–H and O–H groups in total. The maximum Gasteiger partial charge on any atom is 0.00104 e. The third-order valence-corrected chi connectivity index (χ3v) is 2.07. The Morgan fingerprint density at radius 3 is 2.33 bits per heavy atom. The Bertz CT molecular complexity index is 97.2. The lowest BCUT2D eigenvalue weighted by Crippen LogP contribution is -2.13. The Labute approximate surface area is 77.0 Å². The highest BCUT2D eigenvalue weighted by Crippen LogP contribution is 2.07. The number of unbranched alkanes of at least 4 members (excludes halogenated alkanes) is 5. The highest BCUT2D eigenvalue weighted by molar-refractivity contribution is 4.65. The van der Waals surface area contributed by atoms with E-state index >= 15 is 0 Å². The Kier molecular flexibility index (Phi) is 8.57. The molecule has 0 rings (SSSR count). The van der Waals surface area contributed by atoms with Crippen molar-refractivity contribution in [2.45, 2.75) is 57.9 Å². The molecule has 0 bridgehead atoms. The van der Waals surface area contributed by atoms with Crippen LogP contribution in [0.15, 0.2) is 12.7 Å². The van der Waals surface area contributed by atoms with Crippen molar-refractivity contribution in [2.75, 3.05) is 0 Å². The number of rotatable bonds is 8. The van der Waals surface area contributed by atoms with E-state index in [0.29, 0.717) is 6.04 Å². The molecule has 0 aliphatic carbocycles. The fraction of sp³-hybridized carbons (Fsp3) is 0.818. The number of allylic oxidation sites excluding steroid dienone is 1. The topological polar surface area (TPSA) is 26.0 Å². The lowest BCUT2D eigenvalue weighted by molar-refractivity contribution is 0.558. The summed E-state index contributed by atoms with van der Waals surface area (Å²) >= 11 is 0. The molecule has 0 aromatic heterocycles. The predicted molar refractivity (Wildman–Crippen MR) is 56.2 cm³/mol. The second kappa shape index (κ2) is 8.79. The van der Waals surface area contributed by atoms with Gasteiger partial charge in [0.25, 0.3) is 0 Å². The van der Waals surface area contributed by atoms with Crippen molar-refractivity contribution in [3.05, 3.63) is 12.7 Å². The monoisotopic (exact) mass is 169 g/mol. The van der Waals surface area contributed by atoms with Gasteiger partial charge in [-0.05, 0) is 26.2 Å². The first kappa shape index (κ1) is 11.7. The van der Waals surface area contributed by atoms with Crippen LogP contribution in [-0.4, -0.2) is 6.04 Å². The molecule has 0 spiro atoms. The zero-order chi connectivity index (χ0) is 9.23. The molecule has 1 unspecified atom stereocenters. The first-order valence-electron chi connectivity index (χ1n) is 5.14. The molecule has 12 heavy (non-hydrogen) atoms. The lowest BCUT2D eigenvalue weighted by Gasteiger charge is -2.03. The molecular formula is C11H23N. The van der Waals surface area contributed by atoms with Crippen LogP contribution in [0.1, 0.15) is 51.9 Å². The van der Waals surface area contributed by atoms with E-state index in [1.165, 1.54) is 44.9 Å². The van der Waals surface area contributed by atoms with Crippen LogP contribution < -0.4 is 5.73 Å². The van der Waals surface area contributed by atoms with Crippen LogP contribution in [-0.2, 0) is 0 Å². The minimum absolute atomic E-state index is 0.387. The number of hydrogen-bond donors (Lipinski definition) is 1. The minimum atomic E-state index is 0.387. The van der Waals surface area contributed by atoms with E-state index in [2.05, 4.69) is 13.5 Å². The molecule has 0 radical (unpaired) electrons. The van der Waals surface area contributed by atoms with Crippen molar-refractivity contribution in [1.29, 1.82) is 0 Å². The first-order chi connectivity index (χ1) is 5.77. The summed E-state index contributed by atoms with van der Waals surface area (Å²) in [6.07, 6.45) is 11.0. The molecule has 0 aromatic carbocycles. The van der Waals surface area contributed by atoms with E-state index in [0.717, 1.165) is 0 Å². The molecule has 0 fully saturated rings. The van der Waals surface area contributed by atoms with Gasteiger partial charge in [-0.3, -0.25) is 0 Å². The summed E-state index contributed by atoms with van der Waals surface area (Å²) < 4.78 is 0. The largest absolute Gasteiger partial charge is 0.328 e. The first-order valence-corrected chi connectivity index (χ1v) is 5.14. The summed E-state index contributed by atoms with van der Waals surface area (Å²) in [6.45, 7) is 5.78. The van der Waals surface area contributed by atoms with Crippen LogP contribution in [0.3, 0.4) is 0 Å². The Morgan fingerprint density at radius 1 is 1.17 bits per heavy atom. The fourth-order valence-electron chi connectivity index (χ4n) is 1.29. The highest BCUT2D eigenvalue weighted by atomic mass is 14.6. The van der Waals surface area contributed by atoms with Crippen molar-refractivity contribution in [2.24, 2.45) is 5.73 Å². The lowest BCUT2D eigenvalue weighted by atomic mass is 10.1. The zero-order valence-corrected chi connectivity index (χ0v) is 8.39. The average Bonchev–Trinajstić information content (AvgIpc) is 2.02. The summed E-state index contributed by atoms with van der Waals surface area (Å²) in [5.41, 5.74) is 5.64. The van der Waals surface area contributed by atoms with E-state index in [4.69, 9.17) is 5.73 Å². The van der Waals surface area contributed by atoms with Gasteiger partial charge >= 0.3 is 0 Å². The second-order valence-electron chi connectivity index (χ2n) is 3.61. The molecule has 1 atom stereocenters. The molecule has 0 amide bonds. The van der Waals surface area contributed by atoms with Crippen LogP contribution in [0.2, 0.25) is 0 Å². The van der Waals surface area contributed by atoms with Gasteiger partial charge in [-0.2, -0.15) is 0 Å². The van der Waals surface area contributed by atoms with Crippen molar-refractivity contribution in [1.82, 2.24) is 0 Å². The van der Waals surface area contributed by atoms with Gasteiger partial charge in [-0.15, -0.1) is 6.58 Å². The van der Waals surface area contributed by atoms with Gasteiger partial charge in [0, 0.05) is 6.04 Å². The van der Waals surface area contributed by atoms with Crippen molar-refractivity contribution in [3.63, 3.8) is 0 Å². The number of hydrogen-bond acceptors (Lipinski definition) is 1. The van der Waals surface area contributed by atoms with Gasteiger partial charge in [-0.25, -0.2) is 0 Å². The summed E-state index contributed by atoms with van der Waals surface area (Å²) in [4.78, 5) is 0. The van der Waals surface area contributed by atoms with Crippen molar-refractivity contribution >= 4 is 0 Å². The molecule has 0 aliphatic rings. The van der Waals surface area contributed by atoms with Gasteiger partial charge in [0.1, 0.15) is 0 Å². The number of nitrogens with two attached hydrogens (primary N) is 1. The molecule has 1 nitrogen and oxygen atoms in total. The van der Waals surface area contributed by atoms with Gasteiger partial charge in [0.15, 0.2) is 0 Å². The second-order valence-corrected chi connectivity index (χ2v) is 3.61. The van der Waals surface area contributed by atoms with E-state index in [-0.39, 0.29) is 0 Å². The molecule has 1 heteroatoms. The molecule has 0 saturated carbocycles.